The topological polar surface area (TPSA) is 40.6 Å². The van der Waals surface area contributed by atoms with Crippen LogP contribution in [0, 0.1) is 5.82 Å². The minimum Gasteiger partial charge on any atom is -0.342 e. The summed E-state index contributed by atoms with van der Waals surface area (Å²) in [5.74, 6) is -0.272. The fraction of sp³-hybridized carbons (Fsp3) is 0.467. The summed E-state index contributed by atoms with van der Waals surface area (Å²) in [5.41, 5.74) is 0.527. The molecule has 0 aromatic heterocycles. The molecule has 1 heterocycles. The highest BCUT2D eigenvalue weighted by molar-refractivity contribution is 5.97. The molecular formula is C15H19FN2O2. The minimum absolute atomic E-state index is 0.0127. The van der Waals surface area contributed by atoms with Crippen LogP contribution < -0.4 is 0 Å². The van der Waals surface area contributed by atoms with Crippen molar-refractivity contribution in [3.05, 3.63) is 35.6 Å². The molecule has 1 saturated heterocycles. The van der Waals surface area contributed by atoms with Gasteiger partial charge in [0.1, 0.15) is 5.82 Å². The van der Waals surface area contributed by atoms with Gasteiger partial charge < -0.3 is 4.90 Å². The molecule has 1 fully saturated rings. The molecule has 0 atom stereocenters. The van der Waals surface area contributed by atoms with Crippen LogP contribution in [0.15, 0.2) is 24.3 Å². The van der Waals surface area contributed by atoms with Gasteiger partial charge in [-0.3, -0.25) is 14.5 Å². The lowest BCUT2D eigenvalue weighted by molar-refractivity contribution is -0.128. The third-order valence-electron chi connectivity index (χ3n) is 3.57. The van der Waals surface area contributed by atoms with Crippen molar-refractivity contribution in [2.24, 2.45) is 0 Å². The lowest BCUT2D eigenvalue weighted by atomic mass is 10.1. The fourth-order valence-electron chi connectivity index (χ4n) is 2.37. The van der Waals surface area contributed by atoms with Crippen molar-refractivity contribution in [1.82, 2.24) is 9.80 Å². The molecule has 0 saturated carbocycles. The lowest BCUT2D eigenvalue weighted by Crippen LogP contribution is -2.35. The maximum Gasteiger partial charge on any atom is 0.219 e. The van der Waals surface area contributed by atoms with Gasteiger partial charge in [0.2, 0.25) is 5.91 Å². The minimum atomic E-state index is -0.339. The molecule has 0 N–H and O–H groups in total. The monoisotopic (exact) mass is 278 g/mol. The smallest absolute Gasteiger partial charge is 0.219 e. The molecule has 0 unspecified atom stereocenters. The normalized spacial score (nSPS) is 16.8. The summed E-state index contributed by atoms with van der Waals surface area (Å²) in [6.45, 7) is 4.79. The first-order valence-electron chi connectivity index (χ1n) is 6.83. The van der Waals surface area contributed by atoms with Crippen LogP contribution >= 0.6 is 0 Å². The average molecular weight is 278 g/mol. The zero-order valence-corrected chi connectivity index (χ0v) is 11.6. The number of Topliss-reactive ketones (excluding diaryl/α,β-unsaturated/α-hetero) is 1. The van der Waals surface area contributed by atoms with Gasteiger partial charge in [-0.2, -0.15) is 0 Å². The number of amides is 1. The molecule has 1 aliphatic rings. The van der Waals surface area contributed by atoms with E-state index in [9.17, 15) is 14.0 Å². The van der Waals surface area contributed by atoms with E-state index in [2.05, 4.69) is 4.90 Å². The predicted molar refractivity (Wildman–Crippen MR) is 74.0 cm³/mol. The first-order valence-corrected chi connectivity index (χ1v) is 6.83. The molecule has 2 rings (SSSR count). The Hall–Kier alpha value is -1.75. The second kappa shape index (κ2) is 6.61. The highest BCUT2D eigenvalue weighted by Crippen LogP contribution is 2.08. The van der Waals surface area contributed by atoms with E-state index >= 15 is 0 Å². The highest BCUT2D eigenvalue weighted by atomic mass is 19.1. The Balaban J connectivity index is 1.91. The molecule has 0 radical (unpaired) electrons. The van der Waals surface area contributed by atoms with Crippen LogP contribution in [0.2, 0.25) is 0 Å². The molecule has 1 aliphatic heterocycles. The zero-order chi connectivity index (χ0) is 14.5. The van der Waals surface area contributed by atoms with Crippen molar-refractivity contribution in [2.45, 2.75) is 13.3 Å². The van der Waals surface area contributed by atoms with Crippen molar-refractivity contribution in [3.63, 3.8) is 0 Å². The standard InChI is InChI=1S/C15H19FN2O2/c1-12(19)18-8-2-7-17(9-10-18)11-15(20)13-3-5-14(16)6-4-13/h3-6H,2,7-11H2,1H3. The quantitative estimate of drug-likeness (QED) is 0.788. The number of halogens is 1. The van der Waals surface area contributed by atoms with Crippen molar-refractivity contribution >= 4 is 11.7 Å². The Morgan fingerprint density at radius 1 is 1.10 bits per heavy atom. The van der Waals surface area contributed by atoms with Crippen LogP contribution in [-0.4, -0.2) is 54.2 Å². The summed E-state index contributed by atoms with van der Waals surface area (Å²) in [6.07, 6.45) is 0.871. The van der Waals surface area contributed by atoms with E-state index in [1.165, 1.54) is 24.3 Å². The van der Waals surface area contributed by atoms with E-state index < -0.39 is 0 Å². The summed E-state index contributed by atoms with van der Waals surface area (Å²) in [4.78, 5) is 27.3. The molecular weight excluding hydrogens is 259 g/mol. The zero-order valence-electron chi connectivity index (χ0n) is 11.6. The number of hydrogen-bond acceptors (Lipinski definition) is 3. The summed E-state index contributed by atoms with van der Waals surface area (Å²) in [7, 11) is 0. The molecule has 0 spiro atoms. The van der Waals surface area contributed by atoms with Crippen LogP contribution in [0.25, 0.3) is 0 Å². The second-order valence-electron chi connectivity index (χ2n) is 5.07. The Bertz CT molecular complexity index is 487. The maximum atomic E-state index is 12.8. The highest BCUT2D eigenvalue weighted by Gasteiger charge is 2.18. The van der Waals surface area contributed by atoms with Crippen LogP contribution in [0.1, 0.15) is 23.7 Å². The van der Waals surface area contributed by atoms with Crippen molar-refractivity contribution < 1.29 is 14.0 Å². The molecule has 0 aliphatic carbocycles. The first-order chi connectivity index (χ1) is 9.56. The van der Waals surface area contributed by atoms with Gasteiger partial charge in [-0.05, 0) is 30.7 Å². The lowest BCUT2D eigenvalue weighted by Gasteiger charge is -2.20. The predicted octanol–water partition coefficient (Wildman–Crippen LogP) is 1.56. The molecule has 4 nitrogen and oxygen atoms in total. The van der Waals surface area contributed by atoms with Gasteiger partial charge in [-0.1, -0.05) is 0 Å². The van der Waals surface area contributed by atoms with Gasteiger partial charge in [0.05, 0.1) is 6.54 Å². The third-order valence-corrected chi connectivity index (χ3v) is 3.57. The van der Waals surface area contributed by atoms with E-state index in [-0.39, 0.29) is 17.5 Å². The number of hydrogen-bond donors (Lipinski definition) is 0. The van der Waals surface area contributed by atoms with E-state index in [0.29, 0.717) is 25.2 Å². The van der Waals surface area contributed by atoms with E-state index in [4.69, 9.17) is 0 Å². The van der Waals surface area contributed by atoms with Gasteiger partial charge in [-0.25, -0.2) is 4.39 Å². The van der Waals surface area contributed by atoms with Crippen LogP contribution in [-0.2, 0) is 4.79 Å². The Morgan fingerprint density at radius 3 is 2.45 bits per heavy atom. The van der Waals surface area contributed by atoms with Gasteiger partial charge in [-0.15, -0.1) is 0 Å². The van der Waals surface area contributed by atoms with Crippen molar-refractivity contribution in [1.29, 1.82) is 0 Å². The maximum absolute atomic E-state index is 12.8. The molecule has 20 heavy (non-hydrogen) atoms. The SMILES string of the molecule is CC(=O)N1CCCN(CC(=O)c2ccc(F)cc2)CC1. The Morgan fingerprint density at radius 2 is 1.80 bits per heavy atom. The summed E-state index contributed by atoms with van der Waals surface area (Å²) in [5, 5.41) is 0. The molecule has 108 valence electrons. The van der Waals surface area contributed by atoms with Crippen molar-refractivity contribution in [3.8, 4) is 0 Å². The first kappa shape index (κ1) is 14.7. The number of benzene rings is 1. The van der Waals surface area contributed by atoms with Gasteiger partial charge >= 0.3 is 0 Å². The number of ketones is 1. The van der Waals surface area contributed by atoms with E-state index in [1.807, 2.05) is 4.90 Å². The fourth-order valence-corrected chi connectivity index (χ4v) is 2.37. The summed E-state index contributed by atoms with van der Waals surface area (Å²) >= 11 is 0. The van der Waals surface area contributed by atoms with Crippen LogP contribution in [0.3, 0.4) is 0 Å². The van der Waals surface area contributed by atoms with E-state index in [1.54, 1.807) is 6.92 Å². The summed E-state index contributed by atoms with van der Waals surface area (Å²) in [6, 6.07) is 5.62. The van der Waals surface area contributed by atoms with Crippen molar-refractivity contribution in [2.75, 3.05) is 32.7 Å². The molecule has 0 bridgehead atoms. The Labute approximate surface area is 118 Å². The number of carbonyl (C=O) groups is 2. The Kier molecular flexibility index (Phi) is 4.84. The average Bonchev–Trinajstić information content (AvgIpc) is 2.65. The molecule has 5 heteroatoms. The number of carbonyl (C=O) groups excluding carboxylic acids is 2. The molecule has 1 amide bonds. The van der Waals surface area contributed by atoms with Gasteiger partial charge in [0, 0.05) is 38.7 Å². The van der Waals surface area contributed by atoms with Gasteiger partial charge in [0.25, 0.3) is 0 Å². The third kappa shape index (κ3) is 3.87. The van der Waals surface area contributed by atoms with E-state index in [0.717, 1.165) is 19.5 Å². The summed E-state index contributed by atoms with van der Waals surface area (Å²) < 4.78 is 12.8. The molecule has 1 aromatic carbocycles. The van der Waals surface area contributed by atoms with Crippen LogP contribution in [0.5, 0.6) is 0 Å². The second-order valence-corrected chi connectivity index (χ2v) is 5.07. The number of nitrogens with zero attached hydrogens (tertiary/aromatic N) is 2. The largest absolute Gasteiger partial charge is 0.342 e. The van der Waals surface area contributed by atoms with Crippen LogP contribution in [0.4, 0.5) is 4.39 Å². The number of rotatable bonds is 3. The van der Waals surface area contributed by atoms with Gasteiger partial charge in [0.15, 0.2) is 5.78 Å². The molecule has 1 aromatic rings.